The van der Waals surface area contributed by atoms with Gasteiger partial charge in [-0.15, -0.1) is 0 Å². The van der Waals surface area contributed by atoms with E-state index in [1.807, 2.05) is 12.1 Å². The average molecular weight is 492 g/mol. The number of carbonyl (C=O) groups is 1. The van der Waals surface area contributed by atoms with Crippen molar-refractivity contribution < 1.29 is 19.7 Å². The van der Waals surface area contributed by atoms with E-state index >= 15 is 0 Å². The Hall–Kier alpha value is -4.07. The number of amides is 1. The molecule has 0 aliphatic carbocycles. The molecule has 2 aliphatic rings. The van der Waals surface area contributed by atoms with E-state index in [-0.39, 0.29) is 5.82 Å². The number of aromatic nitrogens is 6. The van der Waals surface area contributed by atoms with Crippen molar-refractivity contribution in [2.24, 2.45) is 7.05 Å². The molecule has 13 nitrogen and oxygen atoms in total. The van der Waals surface area contributed by atoms with Gasteiger partial charge in [-0.25, -0.2) is 15.0 Å². The summed E-state index contributed by atoms with van der Waals surface area (Å²) in [6, 6.07) is 5.45. The van der Waals surface area contributed by atoms with Crippen LogP contribution in [0, 0.1) is 0 Å². The summed E-state index contributed by atoms with van der Waals surface area (Å²) in [5, 5.41) is 29.3. The number of aliphatic hydroxyl groups excluding tert-OH is 2. The van der Waals surface area contributed by atoms with Crippen LogP contribution in [0.25, 0.3) is 22.3 Å². The lowest BCUT2D eigenvalue weighted by atomic mass is 10.1. The number of pyridine rings is 1. The molecule has 0 aromatic carbocycles. The molecule has 6 heterocycles. The van der Waals surface area contributed by atoms with Crippen LogP contribution in [-0.4, -0.2) is 76.8 Å². The molecule has 36 heavy (non-hydrogen) atoms. The number of hydrogen-bond acceptors (Lipinski definition) is 10. The predicted octanol–water partition coefficient (Wildman–Crippen LogP) is 0.277. The number of nitrogens with two attached hydrogens (primary N) is 1. The van der Waals surface area contributed by atoms with E-state index in [1.54, 1.807) is 41.0 Å². The number of ether oxygens (including phenoxy) is 1. The minimum Gasteiger partial charge on any atom is -0.387 e. The number of aryl methyl sites for hydroxylation is 1. The number of fused-ring (bicyclic) bond motifs is 1. The first-order valence-corrected chi connectivity index (χ1v) is 11.5. The SMILES string of the molecule is Cn1ccc(-c2cn([C@@H]3O[C@H](C(=O)Nc4cc(N5CCC5)ccn4)[C@@H](O)[C@H]3O)c3ncnc(N)c23)n1. The molecule has 0 radical (unpaired) electrons. The maximum Gasteiger partial charge on any atom is 0.257 e. The van der Waals surface area contributed by atoms with Crippen LogP contribution in [0.15, 0.2) is 43.1 Å². The summed E-state index contributed by atoms with van der Waals surface area (Å²) in [6.45, 7) is 1.91. The predicted molar refractivity (Wildman–Crippen MR) is 130 cm³/mol. The third-order valence-corrected chi connectivity index (χ3v) is 6.62. The Bertz CT molecular complexity index is 1450. The zero-order valence-corrected chi connectivity index (χ0v) is 19.4. The number of nitrogen functional groups attached to an aromatic ring is 1. The van der Waals surface area contributed by atoms with Crippen LogP contribution < -0.4 is 16.0 Å². The highest BCUT2D eigenvalue weighted by Gasteiger charge is 2.48. The highest BCUT2D eigenvalue weighted by atomic mass is 16.6. The fourth-order valence-electron chi connectivity index (χ4n) is 4.62. The molecule has 1 amide bonds. The molecule has 4 atom stereocenters. The lowest BCUT2D eigenvalue weighted by molar-refractivity contribution is -0.132. The fourth-order valence-corrected chi connectivity index (χ4v) is 4.62. The summed E-state index contributed by atoms with van der Waals surface area (Å²) in [5.41, 5.74) is 8.75. The number of hydrogen-bond donors (Lipinski definition) is 4. The normalized spacial score (nSPS) is 23.7. The van der Waals surface area contributed by atoms with Crippen molar-refractivity contribution in [2.75, 3.05) is 29.0 Å². The Morgan fingerprint density at radius 3 is 2.75 bits per heavy atom. The third kappa shape index (κ3) is 3.64. The van der Waals surface area contributed by atoms with E-state index in [0.717, 1.165) is 25.2 Å². The zero-order chi connectivity index (χ0) is 25.0. The standard InChI is InChI=1S/C23H25N9O4/c1-30-8-4-14(29-30)13-10-32(21-16(13)20(24)26-11-27-21)23-18(34)17(33)19(36-23)22(35)28-15-9-12(3-5-25-15)31-6-2-7-31/h3-5,8-11,17-19,23,33-34H,2,6-7H2,1H3,(H2,24,26,27)(H,25,28,35)/t17-,18+,19-,23+/m0/s1. The van der Waals surface area contributed by atoms with Crippen LogP contribution in [0.2, 0.25) is 0 Å². The van der Waals surface area contributed by atoms with Crippen molar-refractivity contribution in [3.05, 3.63) is 43.1 Å². The summed E-state index contributed by atoms with van der Waals surface area (Å²) >= 11 is 0. The monoisotopic (exact) mass is 491 g/mol. The van der Waals surface area contributed by atoms with Crippen LogP contribution in [0.1, 0.15) is 12.6 Å². The summed E-state index contributed by atoms with van der Waals surface area (Å²) < 4.78 is 9.09. The lowest BCUT2D eigenvalue weighted by Crippen LogP contribution is -2.39. The van der Waals surface area contributed by atoms with Crippen LogP contribution in [-0.2, 0) is 16.6 Å². The Kier molecular flexibility index (Phi) is 5.32. The summed E-state index contributed by atoms with van der Waals surface area (Å²) in [5.74, 6) is -0.0507. The van der Waals surface area contributed by atoms with Gasteiger partial charge in [-0.1, -0.05) is 0 Å². The van der Waals surface area contributed by atoms with Crippen molar-refractivity contribution >= 4 is 34.3 Å². The van der Waals surface area contributed by atoms with Crippen LogP contribution in [0.5, 0.6) is 0 Å². The van der Waals surface area contributed by atoms with Gasteiger partial charge in [-0.3, -0.25) is 9.48 Å². The number of carbonyl (C=O) groups excluding carboxylic acids is 1. The zero-order valence-electron chi connectivity index (χ0n) is 19.4. The van der Waals surface area contributed by atoms with Gasteiger partial charge in [0.15, 0.2) is 12.3 Å². The molecule has 2 fully saturated rings. The first kappa shape index (κ1) is 22.4. The first-order chi connectivity index (χ1) is 17.4. The molecule has 186 valence electrons. The van der Waals surface area contributed by atoms with E-state index in [1.165, 1.54) is 6.33 Å². The Labute approximate surface area is 205 Å². The second kappa shape index (κ2) is 8.55. The maximum absolute atomic E-state index is 13.0. The average Bonchev–Trinajstić information content (AvgIpc) is 3.50. The molecular formula is C23H25N9O4. The minimum atomic E-state index is -1.48. The van der Waals surface area contributed by atoms with Gasteiger partial charge >= 0.3 is 0 Å². The van der Waals surface area contributed by atoms with Crippen LogP contribution in [0.4, 0.5) is 17.3 Å². The van der Waals surface area contributed by atoms with E-state index in [0.29, 0.717) is 28.1 Å². The van der Waals surface area contributed by atoms with Gasteiger partial charge in [-0.05, 0) is 18.6 Å². The third-order valence-electron chi connectivity index (χ3n) is 6.62. The van der Waals surface area contributed by atoms with Crippen molar-refractivity contribution in [1.29, 1.82) is 0 Å². The number of anilines is 3. The minimum absolute atomic E-state index is 0.231. The van der Waals surface area contributed by atoms with Gasteiger partial charge in [-0.2, -0.15) is 5.10 Å². The van der Waals surface area contributed by atoms with Gasteiger partial charge < -0.3 is 35.5 Å². The molecule has 6 rings (SSSR count). The molecule has 2 aliphatic heterocycles. The number of rotatable bonds is 5. The number of nitrogens with zero attached hydrogens (tertiary/aromatic N) is 7. The molecule has 5 N–H and O–H groups in total. The topological polar surface area (TPSA) is 169 Å². The van der Waals surface area contributed by atoms with Gasteiger partial charge in [0.25, 0.3) is 5.91 Å². The largest absolute Gasteiger partial charge is 0.387 e. The Balaban J connectivity index is 1.29. The Morgan fingerprint density at radius 1 is 1.19 bits per heavy atom. The molecule has 4 aromatic heterocycles. The van der Waals surface area contributed by atoms with Crippen molar-refractivity contribution in [2.45, 2.75) is 31.0 Å². The lowest BCUT2D eigenvalue weighted by Gasteiger charge is -2.33. The van der Waals surface area contributed by atoms with E-state index in [2.05, 4.69) is 30.3 Å². The summed E-state index contributed by atoms with van der Waals surface area (Å²) in [7, 11) is 1.79. The number of aliphatic hydroxyl groups is 2. The van der Waals surface area contributed by atoms with Crippen LogP contribution >= 0.6 is 0 Å². The molecule has 0 bridgehead atoms. The van der Waals surface area contributed by atoms with E-state index in [9.17, 15) is 15.0 Å². The molecule has 0 unspecified atom stereocenters. The second-order valence-corrected chi connectivity index (χ2v) is 8.94. The van der Waals surface area contributed by atoms with Gasteiger partial charge in [0.2, 0.25) is 0 Å². The summed E-state index contributed by atoms with van der Waals surface area (Å²) in [6.07, 6.45) is 2.16. The van der Waals surface area contributed by atoms with E-state index < -0.39 is 30.4 Å². The molecule has 13 heteroatoms. The summed E-state index contributed by atoms with van der Waals surface area (Å²) in [4.78, 5) is 27.8. The molecule has 2 saturated heterocycles. The van der Waals surface area contributed by atoms with Crippen LogP contribution in [0.3, 0.4) is 0 Å². The second-order valence-electron chi connectivity index (χ2n) is 8.94. The van der Waals surface area contributed by atoms with Crippen molar-refractivity contribution in [3.63, 3.8) is 0 Å². The van der Waals surface area contributed by atoms with Gasteiger partial charge in [0.1, 0.15) is 35.8 Å². The quantitative estimate of drug-likeness (QED) is 0.304. The molecule has 4 aromatic rings. The first-order valence-electron chi connectivity index (χ1n) is 11.5. The Morgan fingerprint density at radius 2 is 2.03 bits per heavy atom. The molecule has 0 spiro atoms. The van der Waals surface area contributed by atoms with Crippen molar-refractivity contribution in [3.8, 4) is 11.3 Å². The highest BCUT2D eigenvalue weighted by Crippen LogP contribution is 2.38. The highest BCUT2D eigenvalue weighted by molar-refractivity contribution is 6.00. The van der Waals surface area contributed by atoms with Gasteiger partial charge in [0.05, 0.1) is 11.1 Å². The number of nitrogens with one attached hydrogen (secondary N) is 1. The molecular weight excluding hydrogens is 466 g/mol. The molecule has 0 saturated carbocycles. The smallest absolute Gasteiger partial charge is 0.257 e. The van der Waals surface area contributed by atoms with Crippen molar-refractivity contribution in [1.82, 2.24) is 29.3 Å². The van der Waals surface area contributed by atoms with Gasteiger partial charge in [0, 0.05) is 56.0 Å². The van der Waals surface area contributed by atoms with E-state index in [4.69, 9.17) is 10.5 Å². The fraction of sp³-hybridized carbons (Fsp3) is 0.348. The maximum atomic E-state index is 13.0.